The first-order chi connectivity index (χ1) is 14.9. The van der Waals surface area contributed by atoms with E-state index >= 15 is 0 Å². The average molecular weight is 407 g/mol. The van der Waals surface area contributed by atoms with Crippen molar-refractivity contribution in [2.24, 2.45) is 0 Å². The average Bonchev–Trinajstić information content (AvgIpc) is 3.50. The van der Waals surface area contributed by atoms with Gasteiger partial charge in [0.25, 0.3) is 0 Å². The fourth-order valence-corrected chi connectivity index (χ4v) is 4.69. The Morgan fingerprint density at radius 3 is 2.77 bits per heavy atom. The lowest BCUT2D eigenvalue weighted by atomic mass is 9.96. The molecular formula is C25H17N3OS. The van der Waals surface area contributed by atoms with Crippen LogP contribution in [0.1, 0.15) is 17.4 Å². The molecule has 5 aromatic rings. The Kier molecular flexibility index (Phi) is 3.99. The van der Waals surface area contributed by atoms with Crippen LogP contribution in [0.25, 0.3) is 27.4 Å². The predicted octanol–water partition coefficient (Wildman–Crippen LogP) is 6.86. The summed E-state index contributed by atoms with van der Waals surface area (Å²) in [7, 11) is 0. The van der Waals surface area contributed by atoms with Crippen LogP contribution in [-0.4, -0.2) is 9.97 Å². The number of rotatable bonds is 3. The predicted molar refractivity (Wildman–Crippen MR) is 122 cm³/mol. The maximum absolute atomic E-state index is 5.75. The van der Waals surface area contributed by atoms with E-state index in [0.717, 1.165) is 28.2 Å². The summed E-state index contributed by atoms with van der Waals surface area (Å²) in [5.74, 6) is 0.902. The zero-order valence-electron chi connectivity index (χ0n) is 16.0. The van der Waals surface area contributed by atoms with Crippen LogP contribution in [0, 0.1) is 0 Å². The summed E-state index contributed by atoms with van der Waals surface area (Å²) in [5, 5.41) is 0. The van der Waals surface area contributed by atoms with Gasteiger partial charge in [-0.1, -0.05) is 24.3 Å². The molecule has 0 radical (unpaired) electrons. The fourth-order valence-electron chi connectivity index (χ4n) is 4.03. The molecule has 0 N–H and O–H groups in total. The van der Waals surface area contributed by atoms with E-state index in [-0.39, 0.29) is 6.04 Å². The van der Waals surface area contributed by atoms with Gasteiger partial charge in [0.15, 0.2) is 0 Å². The monoisotopic (exact) mass is 407 g/mol. The molecule has 5 heteroatoms. The van der Waals surface area contributed by atoms with Crippen LogP contribution in [-0.2, 0) is 0 Å². The fraction of sp³-hybridized carbons (Fsp3) is 0.0400. The Balaban J connectivity index is 1.47. The Morgan fingerprint density at radius 1 is 0.967 bits per heavy atom. The van der Waals surface area contributed by atoms with Gasteiger partial charge < -0.3 is 9.32 Å². The number of benzene rings is 2. The second kappa shape index (κ2) is 6.97. The number of anilines is 2. The van der Waals surface area contributed by atoms with Crippen molar-refractivity contribution >= 4 is 39.0 Å². The number of pyridine rings is 1. The normalized spacial score (nSPS) is 15.5. The molecule has 1 unspecified atom stereocenters. The van der Waals surface area contributed by atoms with Gasteiger partial charge in [0.05, 0.1) is 33.9 Å². The lowest BCUT2D eigenvalue weighted by Crippen LogP contribution is -2.25. The zero-order valence-corrected chi connectivity index (χ0v) is 16.8. The molecule has 0 aliphatic carbocycles. The van der Waals surface area contributed by atoms with Crippen molar-refractivity contribution < 1.29 is 4.42 Å². The summed E-state index contributed by atoms with van der Waals surface area (Å²) >= 11 is 1.67. The van der Waals surface area contributed by atoms with Gasteiger partial charge in [-0.2, -0.15) is 0 Å². The van der Waals surface area contributed by atoms with Crippen molar-refractivity contribution in [2.45, 2.75) is 6.04 Å². The Morgan fingerprint density at radius 2 is 1.90 bits per heavy atom. The van der Waals surface area contributed by atoms with E-state index in [0.29, 0.717) is 0 Å². The maximum Gasteiger partial charge on any atom is 0.130 e. The highest BCUT2D eigenvalue weighted by Crippen LogP contribution is 2.43. The molecule has 30 heavy (non-hydrogen) atoms. The Hall–Kier alpha value is -3.70. The smallest absolute Gasteiger partial charge is 0.130 e. The van der Waals surface area contributed by atoms with E-state index in [1.807, 2.05) is 29.9 Å². The lowest BCUT2D eigenvalue weighted by molar-refractivity contribution is 0.491. The third kappa shape index (κ3) is 2.83. The summed E-state index contributed by atoms with van der Waals surface area (Å²) in [6.07, 6.45) is 9.77. The lowest BCUT2D eigenvalue weighted by Gasteiger charge is -2.34. The SMILES string of the molecule is C1=CC(c2ccco2)N(c2cccnc2)c2ccc(-c3ccc4scnc4c3)cc21. The molecule has 3 aromatic heterocycles. The molecule has 4 heterocycles. The van der Waals surface area contributed by atoms with Gasteiger partial charge in [0.2, 0.25) is 0 Å². The highest BCUT2D eigenvalue weighted by atomic mass is 32.1. The summed E-state index contributed by atoms with van der Waals surface area (Å²) in [5.41, 5.74) is 8.61. The van der Waals surface area contributed by atoms with Crippen LogP contribution in [0.3, 0.4) is 0 Å². The number of fused-ring (bicyclic) bond motifs is 2. The second-order valence-electron chi connectivity index (χ2n) is 7.21. The first kappa shape index (κ1) is 17.2. The van der Waals surface area contributed by atoms with E-state index in [1.165, 1.54) is 15.8 Å². The minimum atomic E-state index is -0.0195. The van der Waals surface area contributed by atoms with Crippen molar-refractivity contribution in [3.05, 3.63) is 102 Å². The number of aromatic nitrogens is 2. The van der Waals surface area contributed by atoms with Gasteiger partial charge in [-0.3, -0.25) is 4.98 Å². The number of thiazole rings is 1. The highest BCUT2D eigenvalue weighted by molar-refractivity contribution is 7.16. The highest BCUT2D eigenvalue weighted by Gasteiger charge is 2.27. The van der Waals surface area contributed by atoms with Gasteiger partial charge in [0, 0.05) is 11.9 Å². The molecule has 2 aromatic carbocycles. The Labute approximate surface area is 177 Å². The number of nitrogens with zero attached hydrogens (tertiary/aromatic N) is 3. The quantitative estimate of drug-likeness (QED) is 0.328. The molecule has 0 spiro atoms. The number of hydrogen-bond acceptors (Lipinski definition) is 5. The van der Waals surface area contributed by atoms with Gasteiger partial charge in [-0.15, -0.1) is 11.3 Å². The standard InChI is InChI=1S/C25H17N3OS/c1-3-20(15-26-11-1)28-22-8-5-17(18-7-10-25-21(14-18)27-16-30-25)13-19(22)6-9-23(28)24-4-2-12-29-24/h1-16,23H. The molecule has 0 amide bonds. The van der Waals surface area contributed by atoms with Crippen LogP contribution < -0.4 is 4.90 Å². The minimum Gasteiger partial charge on any atom is -0.467 e. The van der Waals surface area contributed by atoms with E-state index < -0.39 is 0 Å². The summed E-state index contributed by atoms with van der Waals surface area (Å²) in [6, 6.07) is 21.0. The molecule has 0 saturated heterocycles. The summed E-state index contributed by atoms with van der Waals surface area (Å²) in [6.45, 7) is 0. The second-order valence-corrected chi connectivity index (χ2v) is 8.10. The van der Waals surface area contributed by atoms with E-state index in [4.69, 9.17) is 4.42 Å². The molecule has 0 saturated carbocycles. The van der Waals surface area contributed by atoms with Gasteiger partial charge in [0.1, 0.15) is 11.8 Å². The minimum absolute atomic E-state index is 0.0195. The third-order valence-corrected chi connectivity index (χ3v) is 6.26. The molecule has 1 aliphatic heterocycles. The van der Waals surface area contributed by atoms with Crippen LogP contribution in [0.15, 0.2) is 95.3 Å². The van der Waals surface area contributed by atoms with E-state index in [2.05, 4.69) is 69.5 Å². The molecule has 0 fully saturated rings. The van der Waals surface area contributed by atoms with Gasteiger partial charge in [-0.25, -0.2) is 4.98 Å². The number of furan rings is 1. The van der Waals surface area contributed by atoms with Gasteiger partial charge >= 0.3 is 0 Å². The Bertz CT molecular complexity index is 1360. The molecule has 1 aliphatic rings. The molecule has 6 rings (SSSR count). The van der Waals surface area contributed by atoms with Gasteiger partial charge in [-0.05, 0) is 65.2 Å². The number of hydrogen-bond donors (Lipinski definition) is 0. The van der Waals surface area contributed by atoms with Crippen molar-refractivity contribution in [1.29, 1.82) is 0 Å². The molecule has 4 nitrogen and oxygen atoms in total. The van der Waals surface area contributed by atoms with Crippen molar-refractivity contribution in [3.8, 4) is 11.1 Å². The maximum atomic E-state index is 5.75. The summed E-state index contributed by atoms with van der Waals surface area (Å²) in [4.78, 5) is 11.1. The molecule has 1 atom stereocenters. The van der Waals surface area contributed by atoms with E-state index in [1.54, 1.807) is 23.8 Å². The largest absolute Gasteiger partial charge is 0.467 e. The van der Waals surface area contributed by atoms with E-state index in [9.17, 15) is 0 Å². The third-order valence-electron chi connectivity index (χ3n) is 5.45. The first-order valence-electron chi connectivity index (χ1n) is 9.75. The van der Waals surface area contributed by atoms with Crippen molar-refractivity contribution in [3.63, 3.8) is 0 Å². The molecular weight excluding hydrogens is 390 g/mol. The summed E-state index contributed by atoms with van der Waals surface area (Å²) < 4.78 is 6.96. The zero-order chi connectivity index (χ0) is 19.9. The topological polar surface area (TPSA) is 42.2 Å². The first-order valence-corrected chi connectivity index (χ1v) is 10.6. The van der Waals surface area contributed by atoms with Crippen LogP contribution in [0.5, 0.6) is 0 Å². The van der Waals surface area contributed by atoms with Crippen molar-refractivity contribution in [1.82, 2.24) is 9.97 Å². The van der Waals surface area contributed by atoms with Crippen LogP contribution >= 0.6 is 11.3 Å². The van der Waals surface area contributed by atoms with Crippen molar-refractivity contribution in [2.75, 3.05) is 4.90 Å². The van der Waals surface area contributed by atoms with Crippen LogP contribution in [0.2, 0.25) is 0 Å². The molecule has 144 valence electrons. The molecule has 0 bridgehead atoms. The van der Waals surface area contributed by atoms with Crippen LogP contribution in [0.4, 0.5) is 11.4 Å².